The van der Waals surface area contributed by atoms with Crippen LogP contribution in [0.2, 0.25) is 0 Å². The van der Waals surface area contributed by atoms with E-state index in [0.717, 1.165) is 17.9 Å². The highest BCUT2D eigenvalue weighted by atomic mass is 15.2. The Bertz CT molecular complexity index is 173. The van der Waals surface area contributed by atoms with E-state index < -0.39 is 0 Å². The van der Waals surface area contributed by atoms with Crippen molar-refractivity contribution in [1.29, 1.82) is 0 Å². The van der Waals surface area contributed by atoms with Crippen molar-refractivity contribution in [3.8, 4) is 0 Å². The fraction of sp³-hybridized carbons (Fsp3) is 1.00. The lowest BCUT2D eigenvalue weighted by Gasteiger charge is -2.30. The first kappa shape index (κ1) is 13.0. The lowest BCUT2D eigenvalue weighted by molar-refractivity contribution is 0.194. The number of nitrogens with zero attached hydrogens (tertiary/aromatic N) is 1. The minimum absolute atomic E-state index is 0.643. The highest BCUT2D eigenvalue weighted by Crippen LogP contribution is 2.28. The summed E-state index contributed by atoms with van der Waals surface area (Å²) in [5.74, 6) is 1.51. The largest absolute Gasteiger partial charge is 0.315 e. The molecule has 0 spiro atoms. The van der Waals surface area contributed by atoms with Crippen LogP contribution in [0.3, 0.4) is 0 Å². The van der Waals surface area contributed by atoms with Gasteiger partial charge >= 0.3 is 0 Å². The van der Waals surface area contributed by atoms with E-state index in [1.54, 1.807) is 0 Å². The molecule has 2 heteroatoms. The molecule has 90 valence electrons. The van der Waals surface area contributed by atoms with Gasteiger partial charge in [0.2, 0.25) is 0 Å². The van der Waals surface area contributed by atoms with Gasteiger partial charge in [-0.25, -0.2) is 0 Å². The van der Waals surface area contributed by atoms with E-state index >= 15 is 0 Å². The smallest absolute Gasteiger partial charge is 0.0215 e. The molecule has 0 bridgehead atoms. The highest BCUT2D eigenvalue weighted by molar-refractivity contribution is 4.87. The van der Waals surface area contributed by atoms with Crippen molar-refractivity contribution in [2.45, 2.75) is 52.6 Å². The van der Waals surface area contributed by atoms with Gasteiger partial charge < -0.3 is 5.32 Å². The van der Waals surface area contributed by atoms with E-state index in [-0.39, 0.29) is 0 Å². The second-order valence-corrected chi connectivity index (χ2v) is 5.72. The summed E-state index contributed by atoms with van der Waals surface area (Å²) >= 11 is 0. The molecule has 1 unspecified atom stereocenters. The van der Waals surface area contributed by atoms with Crippen molar-refractivity contribution >= 4 is 0 Å². The summed E-state index contributed by atoms with van der Waals surface area (Å²) in [6.07, 6.45) is 2.84. The minimum atomic E-state index is 0.643. The van der Waals surface area contributed by atoms with Crippen LogP contribution in [0.1, 0.15) is 40.5 Å². The Morgan fingerprint density at radius 2 is 1.73 bits per heavy atom. The molecule has 0 heterocycles. The molecule has 0 amide bonds. The van der Waals surface area contributed by atoms with Crippen LogP contribution < -0.4 is 5.32 Å². The Morgan fingerprint density at radius 3 is 2.07 bits per heavy atom. The van der Waals surface area contributed by atoms with Crippen molar-refractivity contribution in [3.63, 3.8) is 0 Å². The zero-order valence-corrected chi connectivity index (χ0v) is 11.1. The van der Waals surface area contributed by atoms with Crippen LogP contribution in [0.15, 0.2) is 0 Å². The first-order valence-electron chi connectivity index (χ1n) is 6.46. The third-order valence-corrected chi connectivity index (χ3v) is 3.27. The van der Waals surface area contributed by atoms with Crippen molar-refractivity contribution < 1.29 is 0 Å². The average Bonchev–Trinajstić information content (AvgIpc) is 2.93. The monoisotopic (exact) mass is 212 g/mol. The van der Waals surface area contributed by atoms with E-state index in [4.69, 9.17) is 0 Å². The van der Waals surface area contributed by atoms with Gasteiger partial charge in [0.25, 0.3) is 0 Å². The molecule has 0 saturated heterocycles. The Kier molecular flexibility index (Phi) is 5.07. The van der Waals surface area contributed by atoms with Crippen LogP contribution in [-0.2, 0) is 0 Å². The summed E-state index contributed by atoms with van der Waals surface area (Å²) in [5, 5.41) is 3.45. The van der Waals surface area contributed by atoms with E-state index in [1.165, 1.54) is 25.9 Å². The molecule has 1 rings (SSSR count). The molecule has 1 atom stereocenters. The zero-order chi connectivity index (χ0) is 11.4. The van der Waals surface area contributed by atoms with Gasteiger partial charge in [0, 0.05) is 25.2 Å². The molecule has 2 nitrogen and oxygen atoms in total. The maximum atomic E-state index is 3.45. The van der Waals surface area contributed by atoms with E-state index in [0.29, 0.717) is 6.04 Å². The molecule has 1 aliphatic rings. The third-order valence-electron chi connectivity index (χ3n) is 3.27. The molecule has 0 radical (unpaired) electrons. The third kappa shape index (κ3) is 4.52. The average molecular weight is 212 g/mol. The maximum Gasteiger partial charge on any atom is 0.0215 e. The molecule has 15 heavy (non-hydrogen) atoms. The van der Waals surface area contributed by atoms with Gasteiger partial charge in [0.05, 0.1) is 0 Å². The fourth-order valence-electron chi connectivity index (χ4n) is 2.17. The quantitative estimate of drug-likeness (QED) is 0.697. The maximum absolute atomic E-state index is 3.45. The predicted molar refractivity (Wildman–Crippen MR) is 67.1 cm³/mol. The molecule has 1 fully saturated rings. The standard InChI is InChI=1S/C13H28N2/c1-10(2)8-15(12-6-7-12)9-13(14-5)11(3)4/h10-14H,6-9H2,1-5H3. The van der Waals surface area contributed by atoms with Gasteiger partial charge in [-0.1, -0.05) is 27.7 Å². The summed E-state index contributed by atoms with van der Waals surface area (Å²) in [7, 11) is 2.09. The van der Waals surface area contributed by atoms with Gasteiger partial charge in [-0.2, -0.15) is 0 Å². The number of hydrogen-bond acceptors (Lipinski definition) is 2. The first-order chi connectivity index (χ1) is 7.04. The Morgan fingerprint density at radius 1 is 1.13 bits per heavy atom. The summed E-state index contributed by atoms with van der Waals surface area (Å²) in [4.78, 5) is 2.69. The molecule has 0 aromatic rings. The van der Waals surface area contributed by atoms with Crippen molar-refractivity contribution in [2.24, 2.45) is 11.8 Å². The van der Waals surface area contributed by atoms with Crippen molar-refractivity contribution in [3.05, 3.63) is 0 Å². The summed E-state index contributed by atoms with van der Waals surface area (Å²) < 4.78 is 0. The Labute approximate surface area is 95.4 Å². The molecule has 0 aliphatic heterocycles. The summed E-state index contributed by atoms with van der Waals surface area (Å²) in [6, 6.07) is 1.53. The van der Waals surface area contributed by atoms with Crippen molar-refractivity contribution in [1.82, 2.24) is 10.2 Å². The molecule has 1 N–H and O–H groups in total. The Hall–Kier alpha value is -0.0800. The van der Waals surface area contributed by atoms with Gasteiger partial charge in [-0.05, 0) is 31.7 Å². The molecular formula is C13H28N2. The highest BCUT2D eigenvalue weighted by Gasteiger charge is 2.30. The number of hydrogen-bond donors (Lipinski definition) is 1. The van der Waals surface area contributed by atoms with Crippen LogP contribution in [0, 0.1) is 11.8 Å². The molecular weight excluding hydrogens is 184 g/mol. The van der Waals surface area contributed by atoms with Crippen LogP contribution in [-0.4, -0.2) is 37.1 Å². The molecule has 1 saturated carbocycles. The first-order valence-corrected chi connectivity index (χ1v) is 6.46. The van der Waals surface area contributed by atoms with Crippen LogP contribution in [0.5, 0.6) is 0 Å². The SMILES string of the molecule is CNC(CN(CC(C)C)C1CC1)C(C)C. The summed E-state index contributed by atoms with van der Waals surface area (Å²) in [6.45, 7) is 11.7. The second kappa shape index (κ2) is 5.86. The minimum Gasteiger partial charge on any atom is -0.315 e. The summed E-state index contributed by atoms with van der Waals surface area (Å²) in [5.41, 5.74) is 0. The number of rotatable bonds is 7. The molecule has 1 aliphatic carbocycles. The molecule has 0 aromatic carbocycles. The second-order valence-electron chi connectivity index (χ2n) is 5.72. The molecule has 0 aromatic heterocycles. The van der Waals surface area contributed by atoms with E-state index in [9.17, 15) is 0 Å². The number of likely N-dealkylation sites (N-methyl/N-ethyl adjacent to an activating group) is 1. The zero-order valence-electron chi connectivity index (χ0n) is 11.1. The van der Waals surface area contributed by atoms with Crippen molar-refractivity contribution in [2.75, 3.05) is 20.1 Å². The predicted octanol–water partition coefficient (Wildman–Crippen LogP) is 2.35. The van der Waals surface area contributed by atoms with Gasteiger partial charge in [0.1, 0.15) is 0 Å². The lowest BCUT2D eigenvalue weighted by Crippen LogP contribution is -2.44. The van der Waals surface area contributed by atoms with Crippen LogP contribution >= 0.6 is 0 Å². The number of nitrogens with one attached hydrogen (secondary N) is 1. The van der Waals surface area contributed by atoms with Gasteiger partial charge in [-0.15, -0.1) is 0 Å². The van der Waals surface area contributed by atoms with Gasteiger partial charge in [-0.3, -0.25) is 4.90 Å². The van der Waals surface area contributed by atoms with Crippen LogP contribution in [0.25, 0.3) is 0 Å². The topological polar surface area (TPSA) is 15.3 Å². The normalized spacial score (nSPS) is 19.2. The van der Waals surface area contributed by atoms with E-state index in [2.05, 4.69) is 45.0 Å². The van der Waals surface area contributed by atoms with E-state index in [1.807, 2.05) is 0 Å². The fourth-order valence-corrected chi connectivity index (χ4v) is 2.17. The lowest BCUT2D eigenvalue weighted by atomic mass is 10.0. The Balaban J connectivity index is 2.41. The van der Waals surface area contributed by atoms with Gasteiger partial charge in [0.15, 0.2) is 0 Å². The van der Waals surface area contributed by atoms with Crippen LogP contribution in [0.4, 0.5) is 0 Å².